The third-order valence-corrected chi connectivity index (χ3v) is 3.41. The summed E-state index contributed by atoms with van der Waals surface area (Å²) in [4.78, 5) is 11.1. The summed E-state index contributed by atoms with van der Waals surface area (Å²) in [5.41, 5.74) is 0. The predicted octanol–water partition coefficient (Wildman–Crippen LogP) is 1.84. The van der Waals surface area contributed by atoms with Gasteiger partial charge in [0.05, 0.1) is 6.61 Å². The van der Waals surface area contributed by atoms with Gasteiger partial charge in [-0.1, -0.05) is 6.42 Å². The maximum Gasteiger partial charge on any atom is 0.305 e. The quantitative estimate of drug-likeness (QED) is 0.514. The van der Waals surface area contributed by atoms with Crippen LogP contribution in [-0.4, -0.2) is 37.7 Å². The zero-order valence-corrected chi connectivity index (χ0v) is 11.8. The van der Waals surface area contributed by atoms with E-state index in [-0.39, 0.29) is 5.97 Å². The van der Waals surface area contributed by atoms with Crippen molar-refractivity contribution in [2.75, 3.05) is 19.7 Å². The van der Waals surface area contributed by atoms with Gasteiger partial charge in [-0.05, 0) is 52.6 Å². The van der Waals surface area contributed by atoms with Crippen LogP contribution in [-0.2, 0) is 9.53 Å². The third kappa shape index (κ3) is 6.97. The third-order valence-electron chi connectivity index (χ3n) is 3.41. The molecule has 1 heterocycles. The molecule has 0 aromatic carbocycles. The Hall–Kier alpha value is -0.610. The van der Waals surface area contributed by atoms with E-state index in [9.17, 15) is 4.79 Å². The SMILES string of the molecule is CCOC(=O)CCCNC(C)CC1CCCCN1. The Bertz CT molecular complexity index is 228. The van der Waals surface area contributed by atoms with E-state index in [4.69, 9.17) is 4.74 Å². The van der Waals surface area contributed by atoms with Crippen LogP contribution in [0, 0.1) is 0 Å². The molecule has 4 heteroatoms. The molecular weight excluding hydrogens is 228 g/mol. The minimum atomic E-state index is -0.0825. The fourth-order valence-corrected chi connectivity index (χ4v) is 2.45. The van der Waals surface area contributed by atoms with Gasteiger partial charge in [0.2, 0.25) is 0 Å². The van der Waals surface area contributed by atoms with Crippen LogP contribution in [0.25, 0.3) is 0 Å². The molecule has 0 bridgehead atoms. The maximum atomic E-state index is 11.1. The molecule has 0 saturated carbocycles. The van der Waals surface area contributed by atoms with E-state index >= 15 is 0 Å². The molecule has 1 fully saturated rings. The van der Waals surface area contributed by atoms with E-state index in [0.717, 1.165) is 13.0 Å². The summed E-state index contributed by atoms with van der Waals surface area (Å²) >= 11 is 0. The highest BCUT2D eigenvalue weighted by Gasteiger charge is 2.15. The van der Waals surface area contributed by atoms with Crippen LogP contribution < -0.4 is 10.6 Å². The van der Waals surface area contributed by atoms with Gasteiger partial charge in [0.15, 0.2) is 0 Å². The van der Waals surface area contributed by atoms with E-state index in [1.165, 1.54) is 32.2 Å². The van der Waals surface area contributed by atoms with Crippen molar-refractivity contribution < 1.29 is 9.53 Å². The molecule has 1 rings (SSSR count). The number of rotatable bonds is 8. The van der Waals surface area contributed by atoms with Gasteiger partial charge in [0.25, 0.3) is 0 Å². The average molecular weight is 256 g/mol. The first-order chi connectivity index (χ1) is 8.72. The fraction of sp³-hybridized carbons (Fsp3) is 0.929. The molecule has 0 aromatic rings. The molecule has 2 atom stereocenters. The van der Waals surface area contributed by atoms with Gasteiger partial charge in [-0.15, -0.1) is 0 Å². The Kier molecular flexibility index (Phi) is 8.01. The van der Waals surface area contributed by atoms with Gasteiger partial charge in [0, 0.05) is 18.5 Å². The Labute approximate surface area is 111 Å². The van der Waals surface area contributed by atoms with Gasteiger partial charge in [0.1, 0.15) is 0 Å². The molecule has 2 N–H and O–H groups in total. The van der Waals surface area contributed by atoms with Crippen LogP contribution in [0.4, 0.5) is 0 Å². The lowest BCUT2D eigenvalue weighted by Crippen LogP contribution is -2.40. The monoisotopic (exact) mass is 256 g/mol. The normalized spacial score (nSPS) is 21.6. The smallest absolute Gasteiger partial charge is 0.305 e. The lowest BCUT2D eigenvalue weighted by atomic mass is 9.99. The first-order valence-corrected chi connectivity index (χ1v) is 7.34. The van der Waals surface area contributed by atoms with Crippen LogP contribution in [0.15, 0.2) is 0 Å². The number of esters is 1. The molecule has 2 unspecified atom stereocenters. The minimum absolute atomic E-state index is 0.0825. The zero-order valence-electron chi connectivity index (χ0n) is 11.8. The Morgan fingerprint density at radius 1 is 1.50 bits per heavy atom. The second-order valence-corrected chi connectivity index (χ2v) is 5.15. The largest absolute Gasteiger partial charge is 0.466 e. The summed E-state index contributed by atoms with van der Waals surface area (Å²) < 4.78 is 4.89. The van der Waals surface area contributed by atoms with Crippen LogP contribution in [0.2, 0.25) is 0 Å². The maximum absolute atomic E-state index is 11.1. The standard InChI is InChI=1S/C14H28N2O2/c1-3-18-14(17)8-6-10-15-12(2)11-13-7-4-5-9-16-13/h12-13,15-16H,3-11H2,1-2H3. The number of hydrogen-bond acceptors (Lipinski definition) is 4. The van der Waals surface area contributed by atoms with E-state index in [1.54, 1.807) is 0 Å². The molecule has 1 aliphatic rings. The van der Waals surface area contributed by atoms with Crippen molar-refractivity contribution in [2.45, 2.75) is 64.5 Å². The van der Waals surface area contributed by atoms with Gasteiger partial charge in [-0.2, -0.15) is 0 Å². The molecule has 4 nitrogen and oxygen atoms in total. The van der Waals surface area contributed by atoms with E-state index < -0.39 is 0 Å². The molecule has 0 aromatic heterocycles. The first-order valence-electron chi connectivity index (χ1n) is 7.34. The Morgan fingerprint density at radius 2 is 2.33 bits per heavy atom. The van der Waals surface area contributed by atoms with Crippen LogP contribution in [0.5, 0.6) is 0 Å². The van der Waals surface area contributed by atoms with E-state index in [2.05, 4.69) is 17.6 Å². The van der Waals surface area contributed by atoms with Gasteiger partial charge >= 0.3 is 5.97 Å². The molecule has 106 valence electrons. The van der Waals surface area contributed by atoms with E-state index in [0.29, 0.717) is 25.1 Å². The second-order valence-electron chi connectivity index (χ2n) is 5.15. The van der Waals surface area contributed by atoms with Crippen LogP contribution >= 0.6 is 0 Å². The Balaban J connectivity index is 1.99. The molecule has 0 spiro atoms. The lowest BCUT2D eigenvalue weighted by Gasteiger charge is -2.26. The number of hydrogen-bond donors (Lipinski definition) is 2. The number of nitrogens with one attached hydrogen (secondary N) is 2. The van der Waals surface area contributed by atoms with Gasteiger partial charge < -0.3 is 15.4 Å². The number of piperidine rings is 1. The number of carbonyl (C=O) groups is 1. The summed E-state index contributed by atoms with van der Waals surface area (Å²) in [6.07, 6.45) is 6.54. The van der Waals surface area contributed by atoms with E-state index in [1.807, 2.05) is 6.92 Å². The minimum Gasteiger partial charge on any atom is -0.466 e. The summed E-state index contributed by atoms with van der Waals surface area (Å²) in [6.45, 7) is 6.61. The van der Waals surface area contributed by atoms with Crippen molar-refractivity contribution in [1.82, 2.24) is 10.6 Å². The average Bonchev–Trinajstić information content (AvgIpc) is 2.36. The summed E-state index contributed by atoms with van der Waals surface area (Å²) in [5, 5.41) is 7.04. The topological polar surface area (TPSA) is 50.4 Å². The van der Waals surface area contributed by atoms with Crippen LogP contribution in [0.1, 0.15) is 52.4 Å². The van der Waals surface area contributed by atoms with Gasteiger partial charge in [-0.25, -0.2) is 0 Å². The summed E-state index contributed by atoms with van der Waals surface area (Å²) in [7, 11) is 0. The molecule has 1 saturated heterocycles. The molecule has 18 heavy (non-hydrogen) atoms. The van der Waals surface area contributed by atoms with Crippen molar-refractivity contribution in [3.63, 3.8) is 0 Å². The fourth-order valence-electron chi connectivity index (χ4n) is 2.45. The molecule has 0 aliphatic carbocycles. The highest BCUT2D eigenvalue weighted by molar-refractivity contribution is 5.69. The second kappa shape index (κ2) is 9.34. The van der Waals surface area contributed by atoms with Crippen molar-refractivity contribution in [3.05, 3.63) is 0 Å². The summed E-state index contributed by atoms with van der Waals surface area (Å²) in [6, 6.07) is 1.19. The number of carbonyl (C=O) groups excluding carboxylic acids is 1. The lowest BCUT2D eigenvalue weighted by molar-refractivity contribution is -0.143. The molecule has 0 radical (unpaired) electrons. The van der Waals surface area contributed by atoms with Gasteiger partial charge in [-0.3, -0.25) is 4.79 Å². The molecule has 1 aliphatic heterocycles. The van der Waals surface area contributed by atoms with Crippen molar-refractivity contribution >= 4 is 5.97 Å². The zero-order chi connectivity index (χ0) is 13.2. The van der Waals surface area contributed by atoms with Crippen molar-refractivity contribution in [3.8, 4) is 0 Å². The Morgan fingerprint density at radius 3 is 3.00 bits per heavy atom. The predicted molar refractivity (Wildman–Crippen MR) is 73.6 cm³/mol. The highest BCUT2D eigenvalue weighted by Crippen LogP contribution is 2.11. The number of ether oxygens (including phenoxy) is 1. The van der Waals surface area contributed by atoms with Crippen LogP contribution in [0.3, 0.4) is 0 Å². The highest BCUT2D eigenvalue weighted by atomic mass is 16.5. The first kappa shape index (κ1) is 15.4. The molecular formula is C14H28N2O2. The molecule has 0 amide bonds. The van der Waals surface area contributed by atoms with Crippen molar-refractivity contribution in [1.29, 1.82) is 0 Å². The summed E-state index contributed by atoms with van der Waals surface area (Å²) in [5.74, 6) is -0.0825. The van der Waals surface area contributed by atoms with Crippen molar-refractivity contribution in [2.24, 2.45) is 0 Å².